The largest absolute Gasteiger partial charge is 0.345 e. The van der Waals surface area contributed by atoms with E-state index in [1.165, 1.54) is 0 Å². The van der Waals surface area contributed by atoms with E-state index in [0.29, 0.717) is 6.54 Å². The maximum Gasteiger partial charge on any atom is 0.225 e. The fourth-order valence-electron chi connectivity index (χ4n) is 3.09. The van der Waals surface area contributed by atoms with Crippen LogP contribution in [0.2, 0.25) is 0 Å². The molecule has 0 unspecified atom stereocenters. The highest BCUT2D eigenvalue weighted by molar-refractivity contribution is 5.80. The Kier molecular flexibility index (Phi) is 5.05. The van der Waals surface area contributed by atoms with Crippen LogP contribution >= 0.6 is 0 Å². The summed E-state index contributed by atoms with van der Waals surface area (Å²) in [5.74, 6) is -0.0148. The zero-order chi connectivity index (χ0) is 16.1. The molecule has 0 spiro atoms. The van der Waals surface area contributed by atoms with Crippen molar-refractivity contribution in [2.45, 2.75) is 18.5 Å². The third kappa shape index (κ3) is 3.97. The van der Waals surface area contributed by atoms with Gasteiger partial charge >= 0.3 is 0 Å². The molecule has 3 rings (SSSR count). The van der Waals surface area contributed by atoms with Crippen molar-refractivity contribution in [3.05, 3.63) is 71.8 Å². The lowest BCUT2D eigenvalue weighted by atomic mass is 9.93. The SMILES string of the molecule is N[C@@H]1CNC[C@H](C(=O)NC(c2ccccc2)c2ccccc2)C1. The third-order valence-electron chi connectivity index (χ3n) is 4.31. The van der Waals surface area contributed by atoms with E-state index in [0.717, 1.165) is 24.1 Å². The summed E-state index contributed by atoms with van der Waals surface area (Å²) in [5.41, 5.74) is 8.14. The minimum atomic E-state index is -0.136. The van der Waals surface area contributed by atoms with Crippen LogP contribution in [0.3, 0.4) is 0 Å². The number of piperidine rings is 1. The van der Waals surface area contributed by atoms with Crippen molar-refractivity contribution in [2.75, 3.05) is 13.1 Å². The van der Waals surface area contributed by atoms with Crippen molar-refractivity contribution >= 4 is 5.91 Å². The highest BCUT2D eigenvalue weighted by Crippen LogP contribution is 2.23. The fourth-order valence-corrected chi connectivity index (χ4v) is 3.09. The molecule has 0 aromatic heterocycles. The average Bonchev–Trinajstić information content (AvgIpc) is 2.61. The normalized spacial score (nSPS) is 21.1. The van der Waals surface area contributed by atoms with Crippen molar-refractivity contribution < 1.29 is 4.79 Å². The van der Waals surface area contributed by atoms with Gasteiger partial charge in [0.05, 0.1) is 12.0 Å². The molecule has 1 aliphatic rings. The highest BCUT2D eigenvalue weighted by atomic mass is 16.2. The zero-order valence-corrected chi connectivity index (χ0v) is 13.1. The van der Waals surface area contributed by atoms with Crippen LogP contribution in [0.4, 0.5) is 0 Å². The van der Waals surface area contributed by atoms with Crippen LogP contribution in [0.25, 0.3) is 0 Å². The Labute approximate surface area is 137 Å². The van der Waals surface area contributed by atoms with E-state index in [4.69, 9.17) is 5.73 Å². The van der Waals surface area contributed by atoms with E-state index >= 15 is 0 Å². The van der Waals surface area contributed by atoms with Gasteiger partial charge in [0, 0.05) is 19.1 Å². The van der Waals surface area contributed by atoms with Crippen LogP contribution < -0.4 is 16.4 Å². The number of nitrogens with two attached hydrogens (primary N) is 1. The maximum atomic E-state index is 12.7. The second-order valence-corrected chi connectivity index (χ2v) is 6.11. The van der Waals surface area contributed by atoms with Gasteiger partial charge in [-0.2, -0.15) is 0 Å². The number of hydrogen-bond acceptors (Lipinski definition) is 3. The number of carbonyl (C=O) groups excluding carboxylic acids is 1. The molecule has 1 aliphatic heterocycles. The second kappa shape index (κ2) is 7.40. The van der Waals surface area contributed by atoms with E-state index in [1.807, 2.05) is 60.7 Å². The molecule has 23 heavy (non-hydrogen) atoms. The van der Waals surface area contributed by atoms with Gasteiger partial charge in [-0.15, -0.1) is 0 Å². The minimum absolute atomic E-state index is 0.0476. The lowest BCUT2D eigenvalue weighted by Gasteiger charge is -2.29. The molecule has 1 heterocycles. The molecule has 120 valence electrons. The molecule has 0 radical (unpaired) electrons. The molecular weight excluding hydrogens is 286 g/mol. The molecular formula is C19H23N3O. The van der Waals surface area contributed by atoms with Crippen LogP contribution in [0, 0.1) is 5.92 Å². The van der Waals surface area contributed by atoms with Crippen molar-refractivity contribution in [2.24, 2.45) is 11.7 Å². The van der Waals surface area contributed by atoms with Crippen LogP contribution in [0.15, 0.2) is 60.7 Å². The summed E-state index contributed by atoms with van der Waals surface area (Å²) in [6.07, 6.45) is 0.731. The fraction of sp³-hybridized carbons (Fsp3) is 0.316. The molecule has 1 fully saturated rings. The highest BCUT2D eigenvalue weighted by Gasteiger charge is 2.27. The van der Waals surface area contributed by atoms with Gasteiger partial charge in [0.25, 0.3) is 0 Å². The first-order chi connectivity index (χ1) is 11.2. The minimum Gasteiger partial charge on any atom is -0.345 e. The van der Waals surface area contributed by atoms with Gasteiger partial charge in [-0.3, -0.25) is 4.79 Å². The first kappa shape index (κ1) is 15.7. The Morgan fingerprint density at radius 1 is 1.00 bits per heavy atom. The second-order valence-electron chi connectivity index (χ2n) is 6.11. The van der Waals surface area contributed by atoms with Gasteiger partial charge in [-0.1, -0.05) is 60.7 Å². The Morgan fingerprint density at radius 2 is 1.57 bits per heavy atom. The first-order valence-corrected chi connectivity index (χ1v) is 8.10. The molecule has 2 atom stereocenters. The first-order valence-electron chi connectivity index (χ1n) is 8.10. The summed E-state index contributed by atoms with van der Waals surface area (Å²) in [4.78, 5) is 12.7. The molecule has 4 N–H and O–H groups in total. The van der Waals surface area contributed by atoms with Crippen LogP contribution in [-0.2, 0) is 4.79 Å². The van der Waals surface area contributed by atoms with Crippen molar-refractivity contribution in [1.29, 1.82) is 0 Å². The van der Waals surface area contributed by atoms with Gasteiger partial charge in [0.2, 0.25) is 5.91 Å². The summed E-state index contributed by atoms with van der Waals surface area (Å²) < 4.78 is 0. The van der Waals surface area contributed by atoms with Crippen molar-refractivity contribution in [3.63, 3.8) is 0 Å². The Balaban J connectivity index is 1.80. The lowest BCUT2D eigenvalue weighted by Crippen LogP contribution is -2.49. The summed E-state index contributed by atoms with van der Waals surface area (Å²) in [6, 6.07) is 20.0. The molecule has 4 nitrogen and oxygen atoms in total. The molecule has 2 aromatic rings. The third-order valence-corrected chi connectivity index (χ3v) is 4.31. The lowest BCUT2D eigenvalue weighted by molar-refractivity contribution is -0.126. The molecule has 4 heteroatoms. The Morgan fingerprint density at radius 3 is 2.09 bits per heavy atom. The maximum absolute atomic E-state index is 12.7. The summed E-state index contributed by atoms with van der Waals surface area (Å²) >= 11 is 0. The Hall–Kier alpha value is -2.17. The van der Waals surface area contributed by atoms with Gasteiger partial charge < -0.3 is 16.4 Å². The summed E-state index contributed by atoms with van der Waals surface area (Å²) in [7, 11) is 0. The zero-order valence-electron chi connectivity index (χ0n) is 13.1. The van der Waals surface area contributed by atoms with Gasteiger partial charge in [0.15, 0.2) is 0 Å². The van der Waals surface area contributed by atoms with Crippen LogP contribution in [0.1, 0.15) is 23.6 Å². The number of carbonyl (C=O) groups is 1. The summed E-state index contributed by atoms with van der Waals surface area (Å²) in [6.45, 7) is 1.47. The number of nitrogens with one attached hydrogen (secondary N) is 2. The predicted molar refractivity (Wildman–Crippen MR) is 91.8 cm³/mol. The molecule has 1 saturated heterocycles. The number of hydrogen-bond donors (Lipinski definition) is 3. The van der Waals surface area contributed by atoms with Crippen LogP contribution in [-0.4, -0.2) is 25.0 Å². The van der Waals surface area contributed by atoms with Crippen molar-refractivity contribution in [1.82, 2.24) is 10.6 Å². The predicted octanol–water partition coefficient (Wildman–Crippen LogP) is 1.83. The average molecular weight is 309 g/mol. The molecule has 1 amide bonds. The van der Waals surface area contributed by atoms with E-state index in [1.54, 1.807) is 0 Å². The number of amides is 1. The number of rotatable bonds is 4. The quantitative estimate of drug-likeness (QED) is 0.807. The van der Waals surface area contributed by atoms with E-state index < -0.39 is 0 Å². The van der Waals surface area contributed by atoms with E-state index in [2.05, 4.69) is 10.6 Å². The standard InChI is InChI=1S/C19H23N3O/c20-17-11-16(12-21-13-17)19(23)22-18(14-7-3-1-4-8-14)15-9-5-2-6-10-15/h1-10,16-18,21H,11-13,20H2,(H,22,23)/t16-,17+/m1/s1. The van der Waals surface area contributed by atoms with Crippen molar-refractivity contribution in [3.8, 4) is 0 Å². The monoisotopic (exact) mass is 309 g/mol. The molecule has 0 saturated carbocycles. The van der Waals surface area contributed by atoms with Gasteiger partial charge in [-0.05, 0) is 17.5 Å². The molecule has 0 aliphatic carbocycles. The summed E-state index contributed by atoms with van der Waals surface area (Å²) in [5, 5.41) is 6.44. The Bertz CT molecular complexity index is 590. The van der Waals surface area contributed by atoms with Gasteiger partial charge in [0.1, 0.15) is 0 Å². The number of benzene rings is 2. The molecule has 0 bridgehead atoms. The van der Waals surface area contributed by atoms with Crippen LogP contribution in [0.5, 0.6) is 0 Å². The van der Waals surface area contributed by atoms with E-state index in [-0.39, 0.29) is 23.9 Å². The smallest absolute Gasteiger partial charge is 0.225 e. The van der Waals surface area contributed by atoms with Gasteiger partial charge in [-0.25, -0.2) is 0 Å². The topological polar surface area (TPSA) is 67.1 Å². The van der Waals surface area contributed by atoms with E-state index in [9.17, 15) is 4.79 Å². The molecule has 2 aromatic carbocycles.